The number of nitrogens with zero attached hydrogens (tertiary/aromatic N) is 4. The zero-order valence-electron chi connectivity index (χ0n) is 32.2. The molecule has 1 saturated heterocycles. The Balaban J connectivity index is 1.59. The van der Waals surface area contributed by atoms with Gasteiger partial charge in [-0.15, -0.1) is 11.3 Å². The van der Waals surface area contributed by atoms with Crippen LogP contribution in [0.4, 0.5) is 4.79 Å². The van der Waals surface area contributed by atoms with E-state index in [4.69, 9.17) is 9.47 Å². The first-order valence-electron chi connectivity index (χ1n) is 17.9. The van der Waals surface area contributed by atoms with Crippen LogP contribution in [0, 0.1) is 5.41 Å². The first kappa shape index (κ1) is 41.5. The second kappa shape index (κ2) is 18.2. The molecule has 14 heteroatoms. The minimum Gasteiger partial charge on any atom is -0.493 e. The summed E-state index contributed by atoms with van der Waals surface area (Å²) in [6.07, 6.45) is -0.431. The molecule has 0 radical (unpaired) electrons. The van der Waals surface area contributed by atoms with Crippen molar-refractivity contribution in [1.82, 2.24) is 30.3 Å². The quantitative estimate of drug-likeness (QED) is 0.177. The number of rotatable bonds is 15. The molecular formula is C39H56N6O7S. The molecule has 0 spiro atoms. The maximum absolute atomic E-state index is 14.3. The van der Waals surface area contributed by atoms with Crippen LogP contribution in [-0.2, 0) is 29.1 Å². The van der Waals surface area contributed by atoms with Gasteiger partial charge in [-0.05, 0) is 55.9 Å². The van der Waals surface area contributed by atoms with E-state index in [0.29, 0.717) is 49.0 Å². The third kappa shape index (κ3) is 11.9. The standard InChI is InChI=1S/C39H56N6O7S/c1-38(2,3)34(45(37(49)50)22-28-20-40-25-53-28)36(48)41-29(18-26-12-10-9-11-13-26)31(46)24-44-17-16-43(23-30(44)35(47)42-39(4,5)6)21-27-14-15-32(51-7)33(19-27)52-8/h9-15,19-20,25,29-31,34,46H,16-18,21-24H2,1-8H3,(H,41,48)(H,42,47)(H,49,50)/t29-,30-,31+,34+/m0/s1. The predicted octanol–water partition coefficient (Wildman–Crippen LogP) is 4.24. The summed E-state index contributed by atoms with van der Waals surface area (Å²) in [6.45, 7) is 13.5. The summed E-state index contributed by atoms with van der Waals surface area (Å²) in [6, 6.07) is 12.9. The van der Waals surface area contributed by atoms with E-state index in [9.17, 15) is 24.6 Å². The molecular weight excluding hydrogens is 697 g/mol. The Kier molecular flexibility index (Phi) is 14.3. The maximum atomic E-state index is 14.3. The Morgan fingerprint density at radius 2 is 1.70 bits per heavy atom. The number of aliphatic hydroxyl groups excluding tert-OH is 1. The van der Waals surface area contributed by atoms with Gasteiger partial charge in [0, 0.05) is 49.3 Å². The van der Waals surface area contributed by atoms with Crippen molar-refractivity contribution in [2.45, 2.75) is 90.8 Å². The Morgan fingerprint density at radius 3 is 2.28 bits per heavy atom. The monoisotopic (exact) mass is 752 g/mol. The number of carbonyl (C=O) groups excluding carboxylic acids is 2. The Labute approximate surface area is 317 Å². The molecule has 1 aromatic heterocycles. The number of carboxylic acid groups (broad SMARTS) is 1. The first-order chi connectivity index (χ1) is 25.0. The average molecular weight is 753 g/mol. The number of hydrogen-bond acceptors (Lipinski definition) is 10. The van der Waals surface area contributed by atoms with Crippen molar-refractivity contribution in [3.8, 4) is 11.5 Å². The van der Waals surface area contributed by atoms with Gasteiger partial charge in [-0.3, -0.25) is 29.3 Å². The summed E-state index contributed by atoms with van der Waals surface area (Å²) in [5.41, 5.74) is 2.27. The zero-order chi connectivity index (χ0) is 38.9. The van der Waals surface area contributed by atoms with Crippen LogP contribution in [0.1, 0.15) is 57.5 Å². The number of β-amino-alcohol motifs (C(OH)–C–C–N with tert-alkyl or cyclic N) is 1. The van der Waals surface area contributed by atoms with E-state index in [1.54, 1.807) is 25.9 Å². The van der Waals surface area contributed by atoms with Crippen molar-refractivity contribution in [1.29, 1.82) is 0 Å². The van der Waals surface area contributed by atoms with Gasteiger partial charge in [0.05, 0.1) is 38.4 Å². The number of thiazole rings is 1. The van der Waals surface area contributed by atoms with Crippen LogP contribution in [-0.4, -0.2) is 118 Å². The molecule has 1 aliphatic heterocycles. The summed E-state index contributed by atoms with van der Waals surface area (Å²) >= 11 is 1.32. The van der Waals surface area contributed by atoms with Crippen LogP contribution < -0.4 is 20.1 Å². The SMILES string of the molecule is COc1ccc(CN2CCN(C[C@@H](O)[C@H](Cc3ccccc3)NC(=O)[C@@H](N(Cc3cncs3)C(=O)O)C(C)(C)C)[C@H](C(=O)NC(C)(C)C)C2)cc1OC. The summed E-state index contributed by atoms with van der Waals surface area (Å²) in [4.78, 5) is 50.8. The second-order valence-corrected chi connectivity index (χ2v) is 16.7. The lowest BCUT2D eigenvalue weighted by molar-refractivity contribution is -0.134. The Hall–Kier alpha value is -4.24. The fourth-order valence-corrected chi connectivity index (χ4v) is 7.31. The molecule has 2 heterocycles. The van der Waals surface area contributed by atoms with Gasteiger partial charge < -0.3 is 30.3 Å². The van der Waals surface area contributed by atoms with Crippen molar-refractivity contribution in [2.75, 3.05) is 40.4 Å². The van der Waals surface area contributed by atoms with Gasteiger partial charge in [-0.25, -0.2) is 4.79 Å². The molecule has 1 fully saturated rings. The lowest BCUT2D eigenvalue weighted by atomic mass is 9.84. The van der Waals surface area contributed by atoms with E-state index >= 15 is 0 Å². The first-order valence-corrected chi connectivity index (χ1v) is 18.8. The number of carbonyl (C=O) groups is 3. The number of benzene rings is 2. The van der Waals surface area contributed by atoms with Gasteiger partial charge in [0.15, 0.2) is 11.5 Å². The van der Waals surface area contributed by atoms with Crippen LogP contribution in [0.2, 0.25) is 0 Å². The fraction of sp³-hybridized carbons (Fsp3) is 0.538. The van der Waals surface area contributed by atoms with Gasteiger partial charge in [0.1, 0.15) is 12.1 Å². The molecule has 290 valence electrons. The third-order valence-corrected chi connectivity index (χ3v) is 9.94. The molecule has 0 unspecified atom stereocenters. The lowest BCUT2D eigenvalue weighted by Gasteiger charge is -2.43. The molecule has 4 rings (SSSR count). The molecule has 3 amide bonds. The highest BCUT2D eigenvalue weighted by molar-refractivity contribution is 7.09. The van der Waals surface area contributed by atoms with Gasteiger partial charge in [-0.2, -0.15) is 0 Å². The van der Waals surface area contributed by atoms with Gasteiger partial charge in [-0.1, -0.05) is 57.2 Å². The number of nitrogens with one attached hydrogen (secondary N) is 2. The van der Waals surface area contributed by atoms with E-state index in [1.165, 1.54) is 11.3 Å². The average Bonchev–Trinajstić information content (AvgIpc) is 3.60. The smallest absolute Gasteiger partial charge is 0.408 e. The minimum absolute atomic E-state index is 0.000580. The van der Waals surface area contributed by atoms with Crippen molar-refractivity contribution < 1.29 is 34.1 Å². The highest BCUT2D eigenvalue weighted by Crippen LogP contribution is 2.30. The zero-order valence-corrected chi connectivity index (χ0v) is 33.0. The number of amides is 3. The van der Waals surface area contributed by atoms with Crippen LogP contribution >= 0.6 is 11.3 Å². The van der Waals surface area contributed by atoms with Crippen molar-refractivity contribution >= 4 is 29.2 Å². The maximum Gasteiger partial charge on any atom is 0.408 e. The molecule has 1 aliphatic rings. The van der Waals surface area contributed by atoms with Gasteiger partial charge in [0.2, 0.25) is 11.8 Å². The molecule has 4 atom stereocenters. The number of aliphatic hydroxyl groups is 1. The molecule has 4 N–H and O–H groups in total. The van der Waals surface area contributed by atoms with Crippen LogP contribution in [0.5, 0.6) is 11.5 Å². The fourth-order valence-electron chi connectivity index (χ4n) is 6.72. The van der Waals surface area contributed by atoms with Crippen molar-refractivity contribution in [2.24, 2.45) is 5.41 Å². The second-order valence-electron chi connectivity index (χ2n) is 15.7. The Morgan fingerprint density at radius 1 is 1.00 bits per heavy atom. The van der Waals surface area contributed by atoms with E-state index in [-0.39, 0.29) is 19.0 Å². The van der Waals surface area contributed by atoms with Crippen LogP contribution in [0.3, 0.4) is 0 Å². The lowest BCUT2D eigenvalue weighted by Crippen LogP contribution is -2.63. The largest absolute Gasteiger partial charge is 0.493 e. The van der Waals surface area contributed by atoms with E-state index in [0.717, 1.165) is 16.0 Å². The normalized spacial score (nSPS) is 17.3. The molecule has 0 saturated carbocycles. The Bertz CT molecular complexity index is 1640. The molecule has 0 aliphatic carbocycles. The van der Waals surface area contributed by atoms with Gasteiger partial charge >= 0.3 is 6.09 Å². The van der Waals surface area contributed by atoms with E-state index in [2.05, 4.69) is 20.5 Å². The number of aromatic nitrogens is 1. The van der Waals surface area contributed by atoms with Crippen molar-refractivity contribution in [3.05, 3.63) is 76.2 Å². The van der Waals surface area contributed by atoms with Crippen LogP contribution in [0.15, 0.2) is 60.2 Å². The summed E-state index contributed by atoms with van der Waals surface area (Å²) in [7, 11) is 3.19. The summed E-state index contributed by atoms with van der Waals surface area (Å²) in [5, 5.41) is 28.5. The van der Waals surface area contributed by atoms with E-state index in [1.807, 2.05) is 95.0 Å². The molecule has 2 aromatic carbocycles. The summed E-state index contributed by atoms with van der Waals surface area (Å²) in [5.74, 6) is 0.604. The number of methoxy groups -OCH3 is 2. The highest BCUT2D eigenvalue weighted by Gasteiger charge is 2.42. The summed E-state index contributed by atoms with van der Waals surface area (Å²) < 4.78 is 10.9. The third-order valence-electron chi connectivity index (χ3n) is 9.18. The van der Waals surface area contributed by atoms with Crippen LogP contribution in [0.25, 0.3) is 0 Å². The topological polar surface area (TPSA) is 157 Å². The molecule has 53 heavy (non-hydrogen) atoms. The minimum atomic E-state index is -1.23. The van der Waals surface area contributed by atoms with Gasteiger partial charge in [0.25, 0.3) is 0 Å². The number of hydrogen-bond donors (Lipinski definition) is 4. The molecule has 3 aromatic rings. The van der Waals surface area contributed by atoms with Crippen molar-refractivity contribution in [3.63, 3.8) is 0 Å². The van der Waals surface area contributed by atoms with E-state index < -0.39 is 47.2 Å². The predicted molar refractivity (Wildman–Crippen MR) is 205 cm³/mol. The highest BCUT2D eigenvalue weighted by atomic mass is 32.1. The number of piperazine rings is 1. The molecule has 0 bridgehead atoms. The number of ether oxygens (including phenoxy) is 2. The molecule has 13 nitrogen and oxygen atoms in total.